The van der Waals surface area contributed by atoms with Crippen LogP contribution in [-0.4, -0.2) is 31.0 Å². The number of hydrogen-bond donors (Lipinski definition) is 2. The summed E-state index contributed by atoms with van der Waals surface area (Å²) in [5.41, 5.74) is 1.49. The Morgan fingerprint density at radius 3 is 2.64 bits per heavy atom. The van der Waals surface area contributed by atoms with E-state index in [1.165, 1.54) is 11.3 Å². The highest BCUT2D eigenvalue weighted by atomic mass is 32.2. The minimum Gasteiger partial charge on any atom is -0.481 e. The Kier molecular flexibility index (Phi) is 5.28. The number of nitrogens with one attached hydrogen (secondary N) is 1. The summed E-state index contributed by atoms with van der Waals surface area (Å²) in [6.45, 7) is 2.11. The SMILES string of the molecule is Cc1ccc(S(=O)(=O)NCCc2nc(CC(=O)O)cs2)cc1. The molecular formula is C14H16N2O4S2. The van der Waals surface area contributed by atoms with Crippen molar-refractivity contribution in [2.24, 2.45) is 0 Å². The third-order valence-electron chi connectivity index (χ3n) is 2.89. The lowest BCUT2D eigenvalue weighted by Gasteiger charge is -2.06. The number of thiazole rings is 1. The second kappa shape index (κ2) is 6.99. The minimum absolute atomic E-state index is 0.119. The van der Waals surface area contributed by atoms with Crippen LogP contribution in [0.1, 0.15) is 16.3 Å². The lowest BCUT2D eigenvalue weighted by Crippen LogP contribution is -2.26. The van der Waals surface area contributed by atoms with Gasteiger partial charge >= 0.3 is 5.97 Å². The van der Waals surface area contributed by atoms with E-state index >= 15 is 0 Å². The van der Waals surface area contributed by atoms with Crippen LogP contribution in [0.3, 0.4) is 0 Å². The first-order valence-electron chi connectivity index (χ1n) is 6.58. The van der Waals surface area contributed by atoms with E-state index in [-0.39, 0.29) is 17.9 Å². The van der Waals surface area contributed by atoms with Crippen molar-refractivity contribution in [3.05, 3.63) is 45.9 Å². The van der Waals surface area contributed by atoms with Gasteiger partial charge in [0.2, 0.25) is 10.0 Å². The van der Waals surface area contributed by atoms with Crippen molar-refractivity contribution in [3.63, 3.8) is 0 Å². The molecule has 0 bridgehead atoms. The van der Waals surface area contributed by atoms with Gasteiger partial charge in [-0.1, -0.05) is 17.7 Å². The Labute approximate surface area is 132 Å². The van der Waals surface area contributed by atoms with E-state index in [4.69, 9.17) is 5.11 Å². The topological polar surface area (TPSA) is 96.4 Å². The van der Waals surface area contributed by atoms with Crippen molar-refractivity contribution in [3.8, 4) is 0 Å². The van der Waals surface area contributed by atoms with Gasteiger partial charge in [-0.05, 0) is 19.1 Å². The van der Waals surface area contributed by atoms with Crippen molar-refractivity contribution in [2.75, 3.05) is 6.54 Å². The number of carboxylic acids is 1. The predicted octanol–water partition coefficient (Wildman–Crippen LogP) is 1.60. The first-order valence-corrected chi connectivity index (χ1v) is 8.94. The molecule has 1 heterocycles. The summed E-state index contributed by atoms with van der Waals surface area (Å²) < 4.78 is 26.7. The predicted molar refractivity (Wildman–Crippen MR) is 83.5 cm³/mol. The van der Waals surface area contributed by atoms with Gasteiger partial charge in [-0.3, -0.25) is 4.79 Å². The highest BCUT2D eigenvalue weighted by molar-refractivity contribution is 7.89. The van der Waals surface area contributed by atoms with Gasteiger partial charge in [-0.2, -0.15) is 0 Å². The van der Waals surface area contributed by atoms with Crippen LogP contribution < -0.4 is 4.72 Å². The number of nitrogens with zero attached hydrogens (tertiary/aromatic N) is 1. The number of aliphatic carboxylic acids is 1. The molecule has 1 aromatic heterocycles. The molecular weight excluding hydrogens is 324 g/mol. The molecule has 0 fully saturated rings. The monoisotopic (exact) mass is 340 g/mol. The molecule has 0 unspecified atom stereocenters. The van der Waals surface area contributed by atoms with Crippen LogP contribution >= 0.6 is 11.3 Å². The molecule has 2 N–H and O–H groups in total. The molecule has 0 saturated carbocycles. The summed E-state index contributed by atoms with van der Waals surface area (Å²) >= 11 is 1.33. The van der Waals surface area contributed by atoms with E-state index in [1.807, 2.05) is 6.92 Å². The zero-order valence-corrected chi connectivity index (χ0v) is 13.6. The molecule has 8 heteroatoms. The highest BCUT2D eigenvalue weighted by Gasteiger charge is 2.13. The highest BCUT2D eigenvalue weighted by Crippen LogP contribution is 2.12. The van der Waals surface area contributed by atoms with Crippen LogP contribution in [0, 0.1) is 6.92 Å². The van der Waals surface area contributed by atoms with Crippen LogP contribution in [0.2, 0.25) is 0 Å². The fourth-order valence-corrected chi connectivity index (χ4v) is 3.62. The molecule has 2 aromatic rings. The quantitative estimate of drug-likeness (QED) is 0.798. The Balaban J connectivity index is 1.91. The Bertz CT molecular complexity index is 751. The number of carbonyl (C=O) groups is 1. The van der Waals surface area contributed by atoms with Gasteiger partial charge in [-0.15, -0.1) is 11.3 Å². The van der Waals surface area contributed by atoms with Gasteiger partial charge in [0.25, 0.3) is 0 Å². The molecule has 1 aromatic carbocycles. The number of benzene rings is 1. The molecule has 0 aliphatic carbocycles. The number of aromatic nitrogens is 1. The van der Waals surface area contributed by atoms with E-state index < -0.39 is 16.0 Å². The van der Waals surface area contributed by atoms with Gasteiger partial charge in [0.15, 0.2) is 0 Å². The number of hydrogen-bond acceptors (Lipinski definition) is 5. The van der Waals surface area contributed by atoms with Crippen LogP contribution in [0.25, 0.3) is 0 Å². The van der Waals surface area contributed by atoms with Crippen molar-refractivity contribution in [1.82, 2.24) is 9.71 Å². The molecule has 0 aliphatic rings. The smallest absolute Gasteiger partial charge is 0.309 e. The second-order valence-electron chi connectivity index (χ2n) is 4.76. The van der Waals surface area contributed by atoms with E-state index in [2.05, 4.69) is 9.71 Å². The lowest BCUT2D eigenvalue weighted by atomic mass is 10.2. The summed E-state index contributed by atoms with van der Waals surface area (Å²) in [6, 6.07) is 6.61. The molecule has 0 aliphatic heterocycles. The fraction of sp³-hybridized carbons (Fsp3) is 0.286. The largest absolute Gasteiger partial charge is 0.481 e. The normalized spacial score (nSPS) is 11.5. The van der Waals surface area contributed by atoms with Gasteiger partial charge in [0.05, 0.1) is 22.0 Å². The maximum absolute atomic E-state index is 12.1. The molecule has 118 valence electrons. The van der Waals surface area contributed by atoms with Crippen molar-refractivity contribution in [2.45, 2.75) is 24.7 Å². The zero-order chi connectivity index (χ0) is 16.2. The summed E-state index contributed by atoms with van der Waals surface area (Å²) in [4.78, 5) is 15.0. The van der Waals surface area contributed by atoms with Crippen molar-refractivity contribution >= 4 is 27.3 Å². The van der Waals surface area contributed by atoms with Gasteiger partial charge in [-0.25, -0.2) is 18.1 Å². The molecule has 0 radical (unpaired) electrons. The molecule has 22 heavy (non-hydrogen) atoms. The minimum atomic E-state index is -3.53. The molecule has 2 rings (SSSR count). The zero-order valence-electron chi connectivity index (χ0n) is 11.9. The number of carboxylic acid groups (broad SMARTS) is 1. The van der Waals surface area contributed by atoms with Gasteiger partial charge < -0.3 is 5.11 Å². The van der Waals surface area contributed by atoms with E-state index in [0.717, 1.165) is 5.56 Å². The first-order chi connectivity index (χ1) is 10.4. The molecule has 0 amide bonds. The average molecular weight is 340 g/mol. The number of sulfonamides is 1. The van der Waals surface area contributed by atoms with Crippen LogP contribution in [0.15, 0.2) is 34.5 Å². The van der Waals surface area contributed by atoms with Gasteiger partial charge in [0.1, 0.15) is 0 Å². The summed E-state index contributed by atoms with van der Waals surface area (Å²) in [7, 11) is -3.53. The summed E-state index contributed by atoms with van der Waals surface area (Å²) in [5, 5.41) is 11.1. The van der Waals surface area contributed by atoms with Crippen LogP contribution in [0.5, 0.6) is 0 Å². The molecule has 6 nitrogen and oxygen atoms in total. The third kappa shape index (κ3) is 4.62. The maximum Gasteiger partial charge on any atom is 0.309 e. The standard InChI is InChI=1S/C14H16N2O4S2/c1-10-2-4-12(5-3-10)22(19,20)15-7-6-13-16-11(9-21-13)8-14(17)18/h2-5,9,15H,6-8H2,1H3,(H,17,18). The summed E-state index contributed by atoms with van der Waals surface area (Å²) in [5.74, 6) is -0.933. The first kappa shape index (κ1) is 16.6. The van der Waals surface area contributed by atoms with Crippen molar-refractivity contribution < 1.29 is 18.3 Å². The van der Waals surface area contributed by atoms with Gasteiger partial charge in [0, 0.05) is 18.3 Å². The van der Waals surface area contributed by atoms with Crippen LogP contribution in [0.4, 0.5) is 0 Å². The molecule has 0 spiro atoms. The van der Waals surface area contributed by atoms with E-state index in [9.17, 15) is 13.2 Å². The number of rotatable bonds is 7. The molecule has 0 atom stereocenters. The molecule has 0 saturated heterocycles. The lowest BCUT2D eigenvalue weighted by molar-refractivity contribution is -0.136. The Morgan fingerprint density at radius 1 is 1.32 bits per heavy atom. The number of aryl methyl sites for hydroxylation is 1. The Morgan fingerprint density at radius 2 is 2.00 bits per heavy atom. The van der Waals surface area contributed by atoms with E-state index in [0.29, 0.717) is 17.1 Å². The third-order valence-corrected chi connectivity index (χ3v) is 5.33. The average Bonchev–Trinajstić information content (AvgIpc) is 2.85. The second-order valence-corrected chi connectivity index (χ2v) is 7.47. The fourth-order valence-electron chi connectivity index (χ4n) is 1.79. The van der Waals surface area contributed by atoms with E-state index in [1.54, 1.807) is 29.6 Å². The van der Waals surface area contributed by atoms with Crippen LogP contribution in [-0.2, 0) is 27.7 Å². The maximum atomic E-state index is 12.1. The van der Waals surface area contributed by atoms with Crippen molar-refractivity contribution in [1.29, 1.82) is 0 Å². The summed E-state index contributed by atoms with van der Waals surface area (Å²) in [6.07, 6.45) is 0.307. The Hall–Kier alpha value is -1.77.